The summed E-state index contributed by atoms with van der Waals surface area (Å²) in [6.45, 7) is 0. The van der Waals surface area contributed by atoms with E-state index in [0.29, 0.717) is 0 Å². The van der Waals surface area contributed by atoms with Crippen molar-refractivity contribution >= 4 is 122 Å². The van der Waals surface area contributed by atoms with Crippen molar-refractivity contribution in [2.24, 2.45) is 0 Å². The molecule has 10 heavy (non-hydrogen) atoms. The second-order valence-electron chi connectivity index (χ2n) is 1.15. The first kappa shape index (κ1) is 13.4. The molecule has 0 N–H and O–H groups in total. The standard InChI is InChI=1S/C4Br2I4/c5-3(9)1(7)2(8)4(6)10/b3-1+,4-2+. The van der Waals surface area contributed by atoms with Gasteiger partial charge in [-0.05, 0) is 122 Å². The molecule has 0 spiro atoms. The van der Waals surface area contributed by atoms with Gasteiger partial charge >= 0.3 is 0 Å². The second kappa shape index (κ2) is 6.76. The lowest BCUT2D eigenvalue weighted by atomic mass is 10.6. The van der Waals surface area contributed by atoms with Crippen molar-refractivity contribution in [3.63, 3.8) is 0 Å². The van der Waals surface area contributed by atoms with Crippen molar-refractivity contribution in [1.29, 1.82) is 0 Å². The Morgan fingerprint density at radius 2 is 0.900 bits per heavy atom. The first-order valence-corrected chi connectivity index (χ1v) is 7.78. The van der Waals surface area contributed by atoms with Gasteiger partial charge in [-0.1, -0.05) is 0 Å². The fraction of sp³-hybridized carbons (Fsp3) is 0. The second-order valence-corrected chi connectivity index (χ2v) is 10.0. The number of hydrogen-bond donors (Lipinski definition) is 0. The highest BCUT2D eigenvalue weighted by atomic mass is 127. The lowest BCUT2D eigenvalue weighted by molar-refractivity contribution is 2.03. The predicted molar refractivity (Wildman–Crippen MR) is 88.0 cm³/mol. The van der Waals surface area contributed by atoms with Crippen molar-refractivity contribution in [3.05, 3.63) is 12.1 Å². The van der Waals surface area contributed by atoms with Crippen molar-refractivity contribution < 1.29 is 0 Å². The highest BCUT2D eigenvalue weighted by Crippen LogP contribution is 2.39. The van der Waals surface area contributed by atoms with Gasteiger partial charge in [0.2, 0.25) is 0 Å². The number of halogens is 6. The maximum Gasteiger partial charge on any atom is 0.0703 e. The van der Waals surface area contributed by atoms with E-state index in [1.807, 2.05) is 0 Å². The molecule has 0 saturated carbocycles. The molecule has 0 aromatic carbocycles. The van der Waals surface area contributed by atoms with Gasteiger partial charge < -0.3 is 0 Å². The molecule has 0 unspecified atom stereocenters. The summed E-state index contributed by atoms with van der Waals surface area (Å²) in [6.07, 6.45) is 0. The summed E-state index contributed by atoms with van der Waals surface area (Å²) < 4.78 is 4.76. The molecule has 6 heteroatoms. The van der Waals surface area contributed by atoms with E-state index < -0.39 is 0 Å². The molecule has 0 heterocycles. The van der Waals surface area contributed by atoms with E-state index in [1.165, 1.54) is 7.16 Å². The summed E-state index contributed by atoms with van der Waals surface area (Å²) in [6, 6.07) is 0. The minimum absolute atomic E-state index is 1.14. The van der Waals surface area contributed by atoms with Gasteiger partial charge in [0.05, 0.1) is 4.98 Å². The first-order chi connectivity index (χ1) is 4.46. The van der Waals surface area contributed by atoms with Crippen LogP contribution in [0.2, 0.25) is 0 Å². The van der Waals surface area contributed by atoms with Gasteiger partial charge in [-0.25, -0.2) is 0 Å². The van der Waals surface area contributed by atoms with Crippen LogP contribution in [0.5, 0.6) is 0 Å². The Morgan fingerprint density at radius 3 is 1.00 bits per heavy atom. The zero-order valence-electron chi connectivity index (χ0n) is 4.27. The van der Waals surface area contributed by atoms with E-state index in [4.69, 9.17) is 0 Å². The molecular weight excluding hydrogens is 715 g/mol. The summed E-state index contributed by atoms with van der Waals surface area (Å²) >= 11 is 15.9. The van der Waals surface area contributed by atoms with E-state index in [-0.39, 0.29) is 0 Å². The molecule has 0 aromatic heterocycles. The first-order valence-electron chi connectivity index (χ1n) is 1.88. The molecule has 0 radical (unpaired) electrons. The van der Waals surface area contributed by atoms with Crippen LogP contribution in [0.1, 0.15) is 0 Å². The molecule has 0 nitrogen and oxygen atoms in total. The van der Waals surface area contributed by atoms with Gasteiger partial charge in [0, 0.05) is 7.16 Å². The van der Waals surface area contributed by atoms with Crippen LogP contribution in [-0.4, -0.2) is 0 Å². The summed E-state index contributed by atoms with van der Waals surface area (Å²) in [4.78, 5) is 0. The monoisotopic (exact) mass is 713 g/mol. The average molecular weight is 715 g/mol. The topological polar surface area (TPSA) is 0 Å². The third kappa shape index (κ3) is 5.17. The normalized spacial score (nSPS) is 16.2. The Balaban J connectivity index is 4.71. The number of rotatable bonds is 1. The van der Waals surface area contributed by atoms with E-state index >= 15 is 0 Å². The van der Waals surface area contributed by atoms with E-state index in [0.717, 1.165) is 4.98 Å². The molecule has 0 saturated heterocycles. The Morgan fingerprint density at radius 1 is 0.700 bits per heavy atom. The lowest BCUT2D eigenvalue weighted by Crippen LogP contribution is -1.70. The van der Waals surface area contributed by atoms with Crippen molar-refractivity contribution in [3.8, 4) is 0 Å². The number of hydrogen-bond acceptors (Lipinski definition) is 0. The maximum atomic E-state index is 3.40. The Kier molecular flexibility index (Phi) is 9.03. The van der Waals surface area contributed by atoms with Gasteiger partial charge in [0.15, 0.2) is 0 Å². The number of allylic oxidation sites excluding steroid dienone is 2. The molecule has 0 amide bonds. The third-order valence-corrected chi connectivity index (χ3v) is 9.13. The molecule has 0 aromatic rings. The molecule has 0 aliphatic carbocycles. The maximum absolute atomic E-state index is 3.40. The SMILES string of the molecule is Br/C(I)=C(I)/C(I)=C(/Br)I. The lowest BCUT2D eigenvalue weighted by Gasteiger charge is -1.97. The predicted octanol–water partition coefficient (Wildman–Crippen LogP) is 5.85. The quantitative estimate of drug-likeness (QED) is 0.236. The van der Waals surface area contributed by atoms with Crippen LogP contribution < -0.4 is 0 Å². The average Bonchev–Trinajstić information content (AvgIpc) is 1.84. The van der Waals surface area contributed by atoms with Crippen LogP contribution in [0.4, 0.5) is 0 Å². The van der Waals surface area contributed by atoms with Crippen molar-refractivity contribution in [2.75, 3.05) is 0 Å². The molecule has 0 aliphatic rings. The molecule has 58 valence electrons. The van der Waals surface area contributed by atoms with Gasteiger partial charge in [-0.3, -0.25) is 0 Å². The summed E-state index contributed by atoms with van der Waals surface area (Å²) in [5, 5.41) is 0. The summed E-state index contributed by atoms with van der Waals surface area (Å²) in [5.41, 5.74) is 0. The Bertz CT molecular complexity index is 165. The van der Waals surface area contributed by atoms with Crippen LogP contribution in [0.25, 0.3) is 0 Å². The smallest absolute Gasteiger partial charge is 0.0424 e. The minimum atomic E-state index is 1.14. The van der Waals surface area contributed by atoms with Gasteiger partial charge in [-0.15, -0.1) is 0 Å². The fourth-order valence-corrected chi connectivity index (χ4v) is 3.41. The highest BCUT2D eigenvalue weighted by Gasteiger charge is 2.04. The summed E-state index contributed by atoms with van der Waals surface area (Å²) in [5.74, 6) is 0. The van der Waals surface area contributed by atoms with E-state index in [1.54, 1.807) is 0 Å². The van der Waals surface area contributed by atoms with Gasteiger partial charge in [0.25, 0.3) is 0 Å². The molecule has 0 aliphatic heterocycles. The van der Waals surface area contributed by atoms with Crippen molar-refractivity contribution in [1.82, 2.24) is 0 Å². The van der Waals surface area contributed by atoms with Crippen LogP contribution >= 0.6 is 122 Å². The van der Waals surface area contributed by atoms with Crippen LogP contribution in [0.3, 0.4) is 0 Å². The van der Waals surface area contributed by atoms with Crippen LogP contribution in [0, 0.1) is 0 Å². The molecule has 0 bridgehead atoms. The fourth-order valence-electron chi connectivity index (χ4n) is 0.166. The Labute approximate surface area is 131 Å². The zero-order valence-corrected chi connectivity index (χ0v) is 16.1. The minimum Gasteiger partial charge on any atom is -0.0424 e. The van der Waals surface area contributed by atoms with E-state index in [9.17, 15) is 0 Å². The van der Waals surface area contributed by atoms with E-state index in [2.05, 4.69) is 122 Å². The third-order valence-electron chi connectivity index (χ3n) is 0.525. The van der Waals surface area contributed by atoms with Gasteiger partial charge in [-0.2, -0.15) is 0 Å². The largest absolute Gasteiger partial charge is 0.0703 e. The van der Waals surface area contributed by atoms with Crippen molar-refractivity contribution in [2.45, 2.75) is 0 Å². The molecule has 0 atom stereocenters. The molecular formula is C4Br2I4. The molecule has 0 fully saturated rings. The zero-order chi connectivity index (χ0) is 8.31. The van der Waals surface area contributed by atoms with Crippen LogP contribution in [0.15, 0.2) is 12.1 Å². The molecule has 0 rings (SSSR count). The van der Waals surface area contributed by atoms with Gasteiger partial charge in [0.1, 0.15) is 0 Å². The Hall–Kier alpha value is 3.36. The summed E-state index contributed by atoms with van der Waals surface area (Å²) in [7, 11) is 0. The van der Waals surface area contributed by atoms with Crippen LogP contribution in [-0.2, 0) is 0 Å². The highest BCUT2D eigenvalue weighted by molar-refractivity contribution is 14.1.